The van der Waals surface area contributed by atoms with E-state index in [-0.39, 0.29) is 5.11 Å². The highest BCUT2D eigenvalue weighted by Crippen LogP contribution is 2.55. The summed E-state index contributed by atoms with van der Waals surface area (Å²) in [6, 6.07) is 2.76. The number of hydrogen-bond donors (Lipinski definition) is 0. The van der Waals surface area contributed by atoms with E-state index in [9.17, 15) is 50.0 Å². The van der Waals surface area contributed by atoms with Crippen LogP contribution in [0, 0.1) is 40.5 Å². The fourth-order valence-electron chi connectivity index (χ4n) is 4.10. The normalized spacial score (nSPS) is 14.7. The van der Waals surface area contributed by atoms with Gasteiger partial charge >= 0.3 is 0 Å². The molecule has 1 aliphatic carbocycles. The number of carbonyl (C=O) groups is 2. The van der Waals surface area contributed by atoms with Crippen LogP contribution in [0.2, 0.25) is 0 Å². The Hall–Kier alpha value is -5.19. The highest BCUT2D eigenvalue weighted by molar-refractivity contribution is 7.80. The molecule has 2 amide bonds. The molecule has 1 saturated heterocycles. The molecule has 0 radical (unpaired) electrons. The van der Waals surface area contributed by atoms with E-state index in [0.29, 0.717) is 12.1 Å². The monoisotopic (exact) mass is 514 g/mol. The lowest BCUT2D eigenvalue weighted by molar-refractivity contribution is -0.395. The van der Waals surface area contributed by atoms with E-state index in [0.717, 1.165) is 21.9 Å². The molecule has 0 aromatic heterocycles. The van der Waals surface area contributed by atoms with Gasteiger partial charge in [0.2, 0.25) is 0 Å². The molecule has 182 valence electrons. The molecule has 17 heteroatoms. The van der Waals surface area contributed by atoms with Gasteiger partial charge in [-0.2, -0.15) is 0 Å². The largest absolute Gasteiger partial charge is 0.288 e. The molecule has 0 N–H and O–H groups in total. The van der Waals surface area contributed by atoms with Gasteiger partial charge in [-0.05, 0) is 12.2 Å². The van der Waals surface area contributed by atoms with Crippen molar-refractivity contribution in [2.75, 3.05) is 14.1 Å². The summed E-state index contributed by atoms with van der Waals surface area (Å²) in [7, 11) is 2.44. The SMILES string of the molecule is CN1C(=O)C(=C2c3cc([N+](=O)[O-])cc([N+](=O)[O-])c3-c3c2cc([N+](=O)[O-])cc3[N+](=O)[O-])C(=O)N(C)C1=S. The zero-order valence-corrected chi connectivity index (χ0v) is 18.8. The van der Waals surface area contributed by atoms with Crippen molar-refractivity contribution in [3.8, 4) is 11.1 Å². The summed E-state index contributed by atoms with van der Waals surface area (Å²) in [6.45, 7) is 0. The number of amides is 2. The standard InChI is InChI=1S/C19H10N6O10S/c1-20-17(26)16(18(27)21(2)19(20)36)13-9-3-7(22(28)29)5-11(24(32)33)14(9)15-10(13)4-8(23(30)31)6-12(15)25(34)35/h3-6H,1-2H3. The van der Waals surface area contributed by atoms with E-state index in [1.54, 1.807) is 0 Å². The molecule has 2 aromatic rings. The van der Waals surface area contributed by atoms with E-state index >= 15 is 0 Å². The number of non-ortho nitro benzene ring substituents is 2. The minimum absolute atomic E-state index is 0.206. The second-order valence-corrected chi connectivity index (χ2v) is 7.93. The molecule has 0 unspecified atom stereocenters. The fourth-order valence-corrected chi connectivity index (χ4v) is 4.26. The van der Waals surface area contributed by atoms with Crippen LogP contribution in [-0.2, 0) is 9.59 Å². The van der Waals surface area contributed by atoms with Gasteiger partial charge in [-0.1, -0.05) is 0 Å². The Morgan fingerprint density at radius 1 is 0.639 bits per heavy atom. The topological polar surface area (TPSA) is 213 Å². The van der Waals surface area contributed by atoms with Crippen LogP contribution in [0.5, 0.6) is 0 Å². The van der Waals surface area contributed by atoms with Crippen molar-refractivity contribution in [1.82, 2.24) is 9.80 Å². The molecule has 2 aromatic carbocycles. The number of benzene rings is 2. The predicted octanol–water partition coefficient (Wildman–Crippen LogP) is 2.32. The molecule has 1 aliphatic heterocycles. The number of nitro groups is 4. The molecule has 0 bridgehead atoms. The third kappa shape index (κ3) is 3.25. The quantitative estimate of drug-likeness (QED) is 0.162. The molecular weight excluding hydrogens is 504 g/mol. The van der Waals surface area contributed by atoms with Crippen LogP contribution >= 0.6 is 12.2 Å². The van der Waals surface area contributed by atoms with E-state index < -0.39 is 87.7 Å². The molecule has 2 aliphatic rings. The zero-order chi connectivity index (χ0) is 26.8. The second kappa shape index (κ2) is 7.94. The van der Waals surface area contributed by atoms with Gasteiger partial charge < -0.3 is 0 Å². The van der Waals surface area contributed by atoms with E-state index in [2.05, 4.69) is 0 Å². The van der Waals surface area contributed by atoms with Crippen molar-refractivity contribution in [1.29, 1.82) is 0 Å². The molecule has 0 spiro atoms. The van der Waals surface area contributed by atoms with Crippen LogP contribution in [0.1, 0.15) is 11.1 Å². The predicted molar refractivity (Wildman–Crippen MR) is 123 cm³/mol. The molecule has 1 fully saturated rings. The number of carbonyl (C=O) groups excluding carboxylic acids is 2. The van der Waals surface area contributed by atoms with E-state index in [4.69, 9.17) is 12.2 Å². The number of nitrogens with zero attached hydrogens (tertiary/aromatic N) is 6. The van der Waals surface area contributed by atoms with E-state index in [1.807, 2.05) is 0 Å². The fraction of sp³-hybridized carbons (Fsp3) is 0.105. The first-order valence-corrected chi connectivity index (χ1v) is 9.97. The first-order valence-electron chi connectivity index (χ1n) is 9.57. The van der Waals surface area contributed by atoms with Gasteiger partial charge in [-0.25, -0.2) is 0 Å². The van der Waals surface area contributed by atoms with E-state index in [1.165, 1.54) is 14.1 Å². The number of fused-ring (bicyclic) bond motifs is 3. The summed E-state index contributed by atoms with van der Waals surface area (Å²) in [5, 5.41) is 46.6. The van der Waals surface area contributed by atoms with Crippen molar-refractivity contribution < 1.29 is 29.3 Å². The second-order valence-electron chi connectivity index (χ2n) is 7.56. The summed E-state index contributed by atoms with van der Waals surface area (Å²) in [4.78, 5) is 71.0. The van der Waals surface area contributed by atoms with Crippen molar-refractivity contribution >= 4 is 57.5 Å². The number of hydrogen-bond acceptors (Lipinski definition) is 11. The summed E-state index contributed by atoms with van der Waals surface area (Å²) in [5.41, 5.74) is -6.45. The highest BCUT2D eigenvalue weighted by Gasteiger charge is 2.46. The lowest BCUT2D eigenvalue weighted by atomic mass is 9.94. The number of thiocarbonyl (C=S) groups is 1. The Morgan fingerprint density at radius 2 is 1.00 bits per heavy atom. The van der Waals surface area contributed by atoms with Crippen LogP contribution in [0.15, 0.2) is 29.8 Å². The Balaban J connectivity index is 2.30. The third-order valence-corrected chi connectivity index (χ3v) is 6.22. The summed E-state index contributed by atoms with van der Waals surface area (Å²) < 4.78 is 0. The molecule has 0 saturated carbocycles. The minimum Gasteiger partial charge on any atom is -0.288 e. The Bertz CT molecular complexity index is 1440. The molecule has 4 rings (SSSR count). The zero-order valence-electron chi connectivity index (χ0n) is 18.0. The molecule has 0 atom stereocenters. The van der Waals surface area contributed by atoms with Crippen LogP contribution in [0.4, 0.5) is 22.7 Å². The van der Waals surface area contributed by atoms with Crippen molar-refractivity contribution in [3.63, 3.8) is 0 Å². The molecular formula is C19H10N6O10S. The van der Waals surface area contributed by atoms with Crippen molar-refractivity contribution in [2.45, 2.75) is 0 Å². The van der Waals surface area contributed by atoms with Gasteiger partial charge in [0, 0.05) is 42.9 Å². The average molecular weight is 514 g/mol. The molecule has 16 nitrogen and oxygen atoms in total. The van der Waals surface area contributed by atoms with Crippen LogP contribution in [-0.4, -0.2) is 60.5 Å². The van der Waals surface area contributed by atoms with Crippen LogP contribution < -0.4 is 0 Å². The Kier molecular flexibility index (Phi) is 5.29. The van der Waals surface area contributed by atoms with Crippen LogP contribution in [0.25, 0.3) is 16.7 Å². The Labute approximate surface area is 203 Å². The smallest absolute Gasteiger partial charge is 0.284 e. The first kappa shape index (κ1) is 24.0. The van der Waals surface area contributed by atoms with Gasteiger partial charge in [0.15, 0.2) is 5.11 Å². The summed E-state index contributed by atoms with van der Waals surface area (Å²) >= 11 is 5.04. The summed E-state index contributed by atoms with van der Waals surface area (Å²) in [5.74, 6) is -2.03. The van der Waals surface area contributed by atoms with Gasteiger partial charge in [0.05, 0.1) is 43.0 Å². The van der Waals surface area contributed by atoms with Gasteiger partial charge in [0.25, 0.3) is 34.6 Å². The number of likely N-dealkylation sites (N-methyl/N-ethyl adjacent to an activating group) is 2. The third-order valence-electron chi connectivity index (χ3n) is 5.67. The maximum atomic E-state index is 13.2. The lowest BCUT2D eigenvalue weighted by Gasteiger charge is -2.32. The number of rotatable bonds is 4. The Morgan fingerprint density at radius 3 is 1.31 bits per heavy atom. The van der Waals surface area contributed by atoms with Gasteiger partial charge in [0.1, 0.15) is 5.57 Å². The summed E-state index contributed by atoms with van der Waals surface area (Å²) in [6.07, 6.45) is 0. The average Bonchev–Trinajstić information content (AvgIpc) is 3.14. The van der Waals surface area contributed by atoms with Crippen molar-refractivity contribution in [2.24, 2.45) is 0 Å². The lowest BCUT2D eigenvalue weighted by Crippen LogP contribution is -2.53. The van der Waals surface area contributed by atoms with Gasteiger partial charge in [-0.3, -0.25) is 59.8 Å². The molecule has 1 heterocycles. The maximum absolute atomic E-state index is 13.2. The van der Waals surface area contributed by atoms with Crippen molar-refractivity contribution in [3.05, 3.63) is 81.4 Å². The first-order chi connectivity index (χ1) is 16.8. The number of nitro benzene ring substituents is 4. The van der Waals surface area contributed by atoms with Crippen LogP contribution in [0.3, 0.4) is 0 Å². The molecule has 36 heavy (non-hydrogen) atoms. The maximum Gasteiger partial charge on any atom is 0.284 e. The highest BCUT2D eigenvalue weighted by atomic mass is 32.1. The van der Waals surface area contributed by atoms with Gasteiger partial charge in [-0.15, -0.1) is 0 Å². The minimum atomic E-state index is -1.02.